The molecule has 2 rings (SSSR count). The van der Waals surface area contributed by atoms with Crippen LogP contribution in [0.1, 0.15) is 33.6 Å². The molecule has 1 unspecified atom stereocenters. The fraction of sp³-hybridized carbons (Fsp3) is 0.923. The Bertz CT molecular complexity index is 294. The SMILES string of the molecule is CC(=O)N1CC(NCC2(C(O)C(C)C)CC2)C1. The van der Waals surface area contributed by atoms with E-state index in [2.05, 4.69) is 19.2 Å². The lowest BCUT2D eigenvalue weighted by molar-refractivity contribution is -0.133. The van der Waals surface area contributed by atoms with Gasteiger partial charge in [-0.05, 0) is 18.8 Å². The molecule has 1 aliphatic heterocycles. The molecule has 0 bridgehead atoms. The second-order valence-corrected chi connectivity index (χ2v) is 6.05. The van der Waals surface area contributed by atoms with Crippen LogP contribution in [-0.4, -0.2) is 47.7 Å². The van der Waals surface area contributed by atoms with Crippen molar-refractivity contribution in [1.29, 1.82) is 0 Å². The number of likely N-dealkylation sites (tertiary alicyclic amines) is 1. The second kappa shape index (κ2) is 4.58. The molecule has 1 atom stereocenters. The Morgan fingerprint density at radius 2 is 2.06 bits per heavy atom. The molecule has 0 aromatic heterocycles. The first kappa shape index (κ1) is 12.8. The van der Waals surface area contributed by atoms with Gasteiger partial charge in [-0.25, -0.2) is 0 Å². The average Bonchev–Trinajstić information content (AvgIpc) is 2.94. The molecule has 0 radical (unpaired) electrons. The first-order valence-electron chi connectivity index (χ1n) is 6.61. The smallest absolute Gasteiger partial charge is 0.219 e. The Labute approximate surface area is 103 Å². The molecule has 2 aliphatic rings. The number of aliphatic hydroxyl groups excluding tert-OH is 1. The molecular formula is C13H24N2O2. The van der Waals surface area contributed by atoms with E-state index in [1.54, 1.807) is 6.92 Å². The number of carbonyl (C=O) groups excluding carboxylic acids is 1. The third-order valence-electron chi connectivity index (χ3n) is 4.22. The van der Waals surface area contributed by atoms with E-state index in [0.29, 0.717) is 12.0 Å². The summed E-state index contributed by atoms with van der Waals surface area (Å²) < 4.78 is 0. The van der Waals surface area contributed by atoms with Gasteiger partial charge in [0, 0.05) is 38.0 Å². The van der Waals surface area contributed by atoms with Crippen LogP contribution in [0.5, 0.6) is 0 Å². The lowest BCUT2D eigenvalue weighted by atomic mass is 9.90. The van der Waals surface area contributed by atoms with Crippen molar-refractivity contribution in [2.24, 2.45) is 11.3 Å². The van der Waals surface area contributed by atoms with Gasteiger partial charge in [0.25, 0.3) is 0 Å². The van der Waals surface area contributed by atoms with Gasteiger partial charge in [0.15, 0.2) is 0 Å². The number of amides is 1. The molecule has 1 aliphatic carbocycles. The standard InChI is InChI=1S/C13H24N2O2/c1-9(2)12(17)13(4-5-13)8-14-11-6-15(7-11)10(3)16/h9,11-12,14,17H,4-8H2,1-3H3. The molecule has 0 aromatic carbocycles. The maximum atomic E-state index is 11.0. The number of nitrogens with one attached hydrogen (secondary N) is 1. The van der Waals surface area contributed by atoms with Gasteiger partial charge in [-0.15, -0.1) is 0 Å². The van der Waals surface area contributed by atoms with Crippen molar-refractivity contribution >= 4 is 5.91 Å². The summed E-state index contributed by atoms with van der Waals surface area (Å²) in [5, 5.41) is 13.6. The highest BCUT2D eigenvalue weighted by Crippen LogP contribution is 2.50. The summed E-state index contributed by atoms with van der Waals surface area (Å²) in [6.07, 6.45) is 2.06. The highest BCUT2D eigenvalue weighted by atomic mass is 16.3. The van der Waals surface area contributed by atoms with Crippen LogP contribution in [0.4, 0.5) is 0 Å². The Kier molecular flexibility index (Phi) is 3.46. The predicted octanol–water partition coefficient (Wildman–Crippen LogP) is 0.604. The molecule has 17 heavy (non-hydrogen) atoms. The number of aliphatic hydroxyl groups is 1. The zero-order chi connectivity index (χ0) is 12.6. The first-order chi connectivity index (χ1) is 7.94. The average molecular weight is 240 g/mol. The van der Waals surface area contributed by atoms with Gasteiger partial charge in [-0.1, -0.05) is 13.8 Å². The molecule has 4 nitrogen and oxygen atoms in total. The van der Waals surface area contributed by atoms with E-state index in [9.17, 15) is 9.90 Å². The number of nitrogens with zero attached hydrogens (tertiary/aromatic N) is 1. The van der Waals surface area contributed by atoms with Crippen LogP contribution in [0.2, 0.25) is 0 Å². The summed E-state index contributed by atoms with van der Waals surface area (Å²) >= 11 is 0. The third kappa shape index (κ3) is 2.63. The van der Waals surface area contributed by atoms with E-state index in [1.807, 2.05) is 4.90 Å². The highest BCUT2D eigenvalue weighted by molar-refractivity contribution is 5.74. The van der Waals surface area contributed by atoms with Crippen molar-refractivity contribution < 1.29 is 9.90 Å². The lowest BCUT2D eigenvalue weighted by Crippen LogP contribution is -2.60. The minimum atomic E-state index is -0.195. The van der Waals surface area contributed by atoms with Crippen molar-refractivity contribution in [3.63, 3.8) is 0 Å². The number of hydrogen-bond acceptors (Lipinski definition) is 3. The molecule has 1 saturated heterocycles. The van der Waals surface area contributed by atoms with Crippen LogP contribution in [0.25, 0.3) is 0 Å². The molecule has 1 heterocycles. The monoisotopic (exact) mass is 240 g/mol. The molecule has 2 N–H and O–H groups in total. The zero-order valence-corrected chi connectivity index (χ0v) is 11.1. The van der Waals surface area contributed by atoms with Gasteiger partial charge < -0.3 is 15.3 Å². The van der Waals surface area contributed by atoms with Crippen molar-refractivity contribution in [3.8, 4) is 0 Å². The quantitative estimate of drug-likeness (QED) is 0.740. The minimum absolute atomic E-state index is 0.116. The topological polar surface area (TPSA) is 52.6 Å². The largest absolute Gasteiger partial charge is 0.392 e. The molecular weight excluding hydrogens is 216 g/mol. The van der Waals surface area contributed by atoms with Crippen LogP contribution < -0.4 is 5.32 Å². The highest BCUT2D eigenvalue weighted by Gasteiger charge is 2.50. The first-order valence-corrected chi connectivity index (χ1v) is 6.61. The summed E-state index contributed by atoms with van der Waals surface area (Å²) in [6.45, 7) is 8.30. The van der Waals surface area contributed by atoms with Crippen LogP contribution >= 0.6 is 0 Å². The summed E-state index contributed by atoms with van der Waals surface area (Å²) in [5.41, 5.74) is 0.116. The van der Waals surface area contributed by atoms with E-state index in [0.717, 1.165) is 32.5 Å². The van der Waals surface area contributed by atoms with E-state index in [-0.39, 0.29) is 17.4 Å². The van der Waals surface area contributed by atoms with E-state index >= 15 is 0 Å². The Hall–Kier alpha value is -0.610. The van der Waals surface area contributed by atoms with Crippen LogP contribution in [0.15, 0.2) is 0 Å². The van der Waals surface area contributed by atoms with Gasteiger partial charge >= 0.3 is 0 Å². The maximum absolute atomic E-state index is 11.0. The molecule has 98 valence electrons. The molecule has 0 aromatic rings. The summed E-state index contributed by atoms with van der Waals surface area (Å²) in [6, 6.07) is 0.427. The van der Waals surface area contributed by atoms with Crippen molar-refractivity contribution in [1.82, 2.24) is 10.2 Å². The summed E-state index contributed by atoms with van der Waals surface area (Å²) in [4.78, 5) is 12.9. The second-order valence-electron chi connectivity index (χ2n) is 6.05. The summed E-state index contributed by atoms with van der Waals surface area (Å²) in [5.74, 6) is 0.487. The Morgan fingerprint density at radius 3 is 2.47 bits per heavy atom. The fourth-order valence-electron chi connectivity index (χ4n) is 2.66. The Morgan fingerprint density at radius 1 is 1.47 bits per heavy atom. The van der Waals surface area contributed by atoms with Gasteiger partial charge in [-0.3, -0.25) is 4.79 Å². The molecule has 0 spiro atoms. The Balaban J connectivity index is 1.71. The van der Waals surface area contributed by atoms with Gasteiger partial charge in [0.05, 0.1) is 6.10 Å². The maximum Gasteiger partial charge on any atom is 0.219 e. The molecule has 4 heteroatoms. The van der Waals surface area contributed by atoms with Crippen LogP contribution in [-0.2, 0) is 4.79 Å². The number of rotatable bonds is 5. The number of carbonyl (C=O) groups is 1. The van der Waals surface area contributed by atoms with Crippen LogP contribution in [0, 0.1) is 11.3 Å². The predicted molar refractivity (Wildman–Crippen MR) is 66.6 cm³/mol. The van der Waals surface area contributed by atoms with E-state index < -0.39 is 0 Å². The third-order valence-corrected chi connectivity index (χ3v) is 4.22. The van der Waals surface area contributed by atoms with Gasteiger partial charge in [-0.2, -0.15) is 0 Å². The van der Waals surface area contributed by atoms with Crippen molar-refractivity contribution in [2.75, 3.05) is 19.6 Å². The molecule has 2 fully saturated rings. The van der Waals surface area contributed by atoms with E-state index in [1.165, 1.54) is 0 Å². The van der Waals surface area contributed by atoms with Crippen molar-refractivity contribution in [3.05, 3.63) is 0 Å². The zero-order valence-electron chi connectivity index (χ0n) is 11.1. The normalized spacial score (nSPS) is 24.6. The molecule has 1 amide bonds. The van der Waals surface area contributed by atoms with Crippen molar-refractivity contribution in [2.45, 2.75) is 45.8 Å². The van der Waals surface area contributed by atoms with Gasteiger partial charge in [0.2, 0.25) is 5.91 Å². The molecule has 1 saturated carbocycles. The van der Waals surface area contributed by atoms with E-state index in [4.69, 9.17) is 0 Å². The van der Waals surface area contributed by atoms with Crippen LogP contribution in [0.3, 0.4) is 0 Å². The lowest BCUT2D eigenvalue weighted by Gasteiger charge is -2.40. The minimum Gasteiger partial charge on any atom is -0.392 e. The summed E-state index contributed by atoms with van der Waals surface area (Å²) in [7, 11) is 0. The van der Waals surface area contributed by atoms with Gasteiger partial charge in [0.1, 0.15) is 0 Å². The fourth-order valence-corrected chi connectivity index (χ4v) is 2.66. The number of hydrogen-bond donors (Lipinski definition) is 2.